The van der Waals surface area contributed by atoms with Gasteiger partial charge in [0.2, 0.25) is 0 Å². The van der Waals surface area contributed by atoms with Crippen molar-refractivity contribution in [3.05, 3.63) is 77.3 Å². The van der Waals surface area contributed by atoms with Gasteiger partial charge in [-0.2, -0.15) is 0 Å². The summed E-state index contributed by atoms with van der Waals surface area (Å²) in [5.74, 6) is 0.967. The minimum atomic E-state index is 0.523. The second-order valence-electron chi connectivity index (χ2n) is 6.11. The lowest BCUT2D eigenvalue weighted by Gasteiger charge is -2.19. The standard InChI is InChI=1S/C20H18ClN3O/c21-20-4-1-15(12-23-20)13-24-9-10-25-19-3-2-17(11-18(19)14-24)16-5-7-22-8-6-16/h1-8,11-12H,9-10,13-14H2. The zero-order chi connectivity index (χ0) is 17.1. The van der Waals surface area contributed by atoms with Crippen molar-refractivity contribution >= 4 is 11.6 Å². The Balaban J connectivity index is 1.57. The first-order chi connectivity index (χ1) is 12.3. The predicted molar refractivity (Wildman–Crippen MR) is 98.5 cm³/mol. The van der Waals surface area contributed by atoms with Gasteiger partial charge >= 0.3 is 0 Å². The first kappa shape index (κ1) is 16.1. The highest BCUT2D eigenvalue weighted by Crippen LogP contribution is 2.29. The number of fused-ring (bicyclic) bond motifs is 1. The monoisotopic (exact) mass is 351 g/mol. The van der Waals surface area contributed by atoms with Gasteiger partial charge in [0.25, 0.3) is 0 Å². The molecular formula is C20H18ClN3O. The summed E-state index contributed by atoms with van der Waals surface area (Å²) in [7, 11) is 0. The summed E-state index contributed by atoms with van der Waals surface area (Å²) in [6.07, 6.45) is 5.47. The lowest BCUT2D eigenvalue weighted by molar-refractivity contribution is 0.219. The molecule has 25 heavy (non-hydrogen) atoms. The summed E-state index contributed by atoms with van der Waals surface area (Å²) in [6.45, 7) is 3.23. The Bertz CT molecular complexity index is 853. The van der Waals surface area contributed by atoms with Crippen LogP contribution in [0.15, 0.2) is 61.1 Å². The molecule has 0 saturated carbocycles. The fourth-order valence-corrected chi connectivity index (χ4v) is 3.18. The number of nitrogens with zero attached hydrogens (tertiary/aromatic N) is 3. The Morgan fingerprint density at radius 1 is 1.04 bits per heavy atom. The van der Waals surface area contributed by atoms with E-state index in [-0.39, 0.29) is 0 Å². The van der Waals surface area contributed by atoms with Crippen molar-refractivity contribution < 1.29 is 4.74 Å². The molecule has 1 aromatic carbocycles. The van der Waals surface area contributed by atoms with Crippen LogP contribution in [0.3, 0.4) is 0 Å². The van der Waals surface area contributed by atoms with E-state index >= 15 is 0 Å². The van der Waals surface area contributed by atoms with Gasteiger partial charge in [-0.1, -0.05) is 23.7 Å². The predicted octanol–water partition coefficient (Wildman–Crippen LogP) is 4.19. The highest BCUT2D eigenvalue weighted by Gasteiger charge is 2.16. The van der Waals surface area contributed by atoms with Crippen LogP contribution < -0.4 is 4.74 Å². The number of ether oxygens (including phenoxy) is 1. The molecule has 0 amide bonds. The molecule has 126 valence electrons. The fourth-order valence-electron chi connectivity index (χ4n) is 3.07. The molecule has 0 saturated heterocycles. The lowest BCUT2D eigenvalue weighted by atomic mass is 10.0. The van der Waals surface area contributed by atoms with E-state index < -0.39 is 0 Å². The SMILES string of the molecule is Clc1ccc(CN2CCOc3ccc(-c4ccncc4)cc3C2)cn1. The third-order valence-corrected chi connectivity index (χ3v) is 4.55. The third kappa shape index (κ3) is 3.81. The topological polar surface area (TPSA) is 38.2 Å². The van der Waals surface area contributed by atoms with Crippen LogP contribution >= 0.6 is 11.6 Å². The van der Waals surface area contributed by atoms with Crippen LogP contribution in [0.4, 0.5) is 0 Å². The normalized spacial score (nSPS) is 14.4. The second kappa shape index (κ2) is 7.21. The first-order valence-corrected chi connectivity index (χ1v) is 8.65. The van der Waals surface area contributed by atoms with Gasteiger partial charge in [0.15, 0.2) is 0 Å². The molecule has 0 aliphatic carbocycles. The number of hydrogen-bond acceptors (Lipinski definition) is 4. The van der Waals surface area contributed by atoms with E-state index in [9.17, 15) is 0 Å². The molecule has 3 aromatic rings. The summed E-state index contributed by atoms with van der Waals surface area (Å²) in [6, 6.07) is 14.3. The number of hydrogen-bond donors (Lipinski definition) is 0. The van der Waals surface area contributed by atoms with Crippen molar-refractivity contribution in [3.63, 3.8) is 0 Å². The molecule has 0 atom stereocenters. The van der Waals surface area contributed by atoms with Gasteiger partial charge in [0, 0.05) is 43.8 Å². The van der Waals surface area contributed by atoms with E-state index in [1.807, 2.05) is 42.9 Å². The van der Waals surface area contributed by atoms with Crippen LogP contribution in [-0.4, -0.2) is 28.0 Å². The smallest absolute Gasteiger partial charge is 0.129 e. The van der Waals surface area contributed by atoms with Crippen LogP contribution in [0, 0.1) is 0 Å². The molecule has 0 radical (unpaired) electrons. The Morgan fingerprint density at radius 3 is 2.72 bits per heavy atom. The molecule has 1 aliphatic heterocycles. The maximum atomic E-state index is 5.94. The number of rotatable bonds is 3. The first-order valence-electron chi connectivity index (χ1n) is 8.27. The second-order valence-corrected chi connectivity index (χ2v) is 6.49. The zero-order valence-corrected chi connectivity index (χ0v) is 14.5. The van der Waals surface area contributed by atoms with Gasteiger partial charge in [-0.25, -0.2) is 4.98 Å². The molecular weight excluding hydrogens is 334 g/mol. The number of pyridine rings is 2. The largest absolute Gasteiger partial charge is 0.492 e. The molecule has 0 bridgehead atoms. The maximum absolute atomic E-state index is 5.94. The summed E-state index contributed by atoms with van der Waals surface area (Å²) in [5.41, 5.74) is 4.70. The minimum Gasteiger partial charge on any atom is -0.492 e. The molecule has 1 aliphatic rings. The Labute approximate surface area is 152 Å². The fraction of sp³-hybridized carbons (Fsp3) is 0.200. The zero-order valence-electron chi connectivity index (χ0n) is 13.7. The lowest BCUT2D eigenvalue weighted by Crippen LogP contribution is -2.25. The Kier molecular flexibility index (Phi) is 4.63. The molecule has 2 aromatic heterocycles. The average Bonchev–Trinajstić information content (AvgIpc) is 2.85. The van der Waals surface area contributed by atoms with E-state index in [2.05, 4.69) is 33.1 Å². The van der Waals surface area contributed by atoms with Gasteiger partial charge < -0.3 is 4.74 Å². The molecule has 0 N–H and O–H groups in total. The quantitative estimate of drug-likeness (QED) is 0.663. The van der Waals surface area contributed by atoms with E-state index in [0.29, 0.717) is 11.8 Å². The molecule has 0 fully saturated rings. The Morgan fingerprint density at radius 2 is 1.92 bits per heavy atom. The van der Waals surface area contributed by atoms with Gasteiger partial charge in [0.05, 0.1) is 0 Å². The molecule has 3 heterocycles. The maximum Gasteiger partial charge on any atom is 0.129 e. The van der Waals surface area contributed by atoms with Crippen LogP contribution in [0.5, 0.6) is 5.75 Å². The number of aromatic nitrogens is 2. The summed E-state index contributed by atoms with van der Waals surface area (Å²) >= 11 is 5.87. The van der Waals surface area contributed by atoms with Crippen LogP contribution in [-0.2, 0) is 13.1 Å². The summed E-state index contributed by atoms with van der Waals surface area (Å²) < 4.78 is 5.94. The van der Waals surface area contributed by atoms with Crippen molar-refractivity contribution in [1.82, 2.24) is 14.9 Å². The molecule has 4 rings (SSSR count). The van der Waals surface area contributed by atoms with Crippen molar-refractivity contribution in [2.45, 2.75) is 13.1 Å². The van der Waals surface area contributed by atoms with Crippen molar-refractivity contribution in [1.29, 1.82) is 0 Å². The van der Waals surface area contributed by atoms with Gasteiger partial charge in [-0.15, -0.1) is 0 Å². The molecule has 0 spiro atoms. The van der Waals surface area contributed by atoms with Crippen molar-refractivity contribution in [2.75, 3.05) is 13.2 Å². The van der Waals surface area contributed by atoms with Gasteiger partial charge in [0.1, 0.15) is 17.5 Å². The van der Waals surface area contributed by atoms with E-state index in [1.165, 1.54) is 11.1 Å². The van der Waals surface area contributed by atoms with Crippen molar-refractivity contribution in [3.8, 4) is 16.9 Å². The highest BCUT2D eigenvalue weighted by molar-refractivity contribution is 6.29. The highest BCUT2D eigenvalue weighted by atomic mass is 35.5. The molecule has 5 heteroatoms. The molecule has 4 nitrogen and oxygen atoms in total. The van der Waals surface area contributed by atoms with Crippen LogP contribution in [0.1, 0.15) is 11.1 Å². The number of benzene rings is 1. The minimum absolute atomic E-state index is 0.523. The van der Waals surface area contributed by atoms with Crippen molar-refractivity contribution in [2.24, 2.45) is 0 Å². The van der Waals surface area contributed by atoms with E-state index in [0.717, 1.165) is 36.5 Å². The van der Waals surface area contributed by atoms with Crippen LogP contribution in [0.2, 0.25) is 5.15 Å². The third-order valence-electron chi connectivity index (χ3n) is 4.33. The molecule has 0 unspecified atom stereocenters. The van der Waals surface area contributed by atoms with E-state index in [4.69, 9.17) is 16.3 Å². The summed E-state index contributed by atoms with van der Waals surface area (Å²) in [4.78, 5) is 10.6. The Hall–Kier alpha value is -2.43. The van der Waals surface area contributed by atoms with Gasteiger partial charge in [-0.05, 0) is 47.0 Å². The van der Waals surface area contributed by atoms with E-state index in [1.54, 1.807) is 0 Å². The number of halogens is 1. The average molecular weight is 352 g/mol. The summed E-state index contributed by atoms with van der Waals surface area (Å²) in [5, 5.41) is 0.523. The van der Waals surface area contributed by atoms with Crippen LogP contribution in [0.25, 0.3) is 11.1 Å². The van der Waals surface area contributed by atoms with Gasteiger partial charge in [-0.3, -0.25) is 9.88 Å².